The lowest BCUT2D eigenvalue weighted by atomic mass is 10.1. The van der Waals surface area contributed by atoms with E-state index < -0.39 is 0 Å². The van der Waals surface area contributed by atoms with Gasteiger partial charge in [-0.2, -0.15) is 5.10 Å². The fourth-order valence-corrected chi connectivity index (χ4v) is 2.07. The molecule has 1 heterocycles. The topological polar surface area (TPSA) is 67.2 Å². The predicted molar refractivity (Wildman–Crippen MR) is 76.0 cm³/mol. The van der Waals surface area contributed by atoms with Gasteiger partial charge < -0.3 is 10.4 Å². The first-order valence-electron chi connectivity index (χ1n) is 6.15. The van der Waals surface area contributed by atoms with E-state index in [0.29, 0.717) is 16.6 Å². The summed E-state index contributed by atoms with van der Waals surface area (Å²) in [5, 5.41) is 16.3. The molecule has 5 nitrogen and oxygen atoms in total. The third-order valence-electron chi connectivity index (χ3n) is 2.76. The molecule has 2 N–H and O–H groups in total. The minimum Gasteiger partial charge on any atom is -0.396 e. The van der Waals surface area contributed by atoms with Gasteiger partial charge in [0.05, 0.1) is 17.9 Å². The van der Waals surface area contributed by atoms with E-state index in [1.165, 1.54) is 4.68 Å². The first-order chi connectivity index (χ1) is 8.51. The SMILES string of the molecule is CCC(CCO)Nc1cnn(C(C)C)c(=O)c1Br. The van der Waals surface area contributed by atoms with Crippen molar-refractivity contribution in [1.29, 1.82) is 0 Å². The van der Waals surface area contributed by atoms with E-state index >= 15 is 0 Å². The molecule has 0 fully saturated rings. The monoisotopic (exact) mass is 317 g/mol. The first kappa shape index (κ1) is 15.2. The van der Waals surface area contributed by atoms with Crippen molar-refractivity contribution in [2.45, 2.75) is 45.7 Å². The molecule has 0 radical (unpaired) electrons. The maximum Gasteiger partial charge on any atom is 0.283 e. The summed E-state index contributed by atoms with van der Waals surface area (Å²) >= 11 is 3.31. The lowest BCUT2D eigenvalue weighted by molar-refractivity contribution is 0.278. The molecule has 1 aromatic rings. The molecule has 1 aromatic heterocycles. The molecule has 0 saturated carbocycles. The molecule has 0 aliphatic carbocycles. The zero-order chi connectivity index (χ0) is 13.7. The van der Waals surface area contributed by atoms with E-state index in [9.17, 15) is 4.79 Å². The van der Waals surface area contributed by atoms with Crippen LogP contribution >= 0.6 is 15.9 Å². The van der Waals surface area contributed by atoms with Crippen LogP contribution in [0.1, 0.15) is 39.7 Å². The third kappa shape index (κ3) is 3.55. The summed E-state index contributed by atoms with van der Waals surface area (Å²) in [6.07, 6.45) is 3.17. The normalized spacial score (nSPS) is 12.8. The van der Waals surface area contributed by atoms with Crippen LogP contribution in [0.15, 0.2) is 15.5 Å². The second-order valence-electron chi connectivity index (χ2n) is 4.48. The summed E-state index contributed by atoms with van der Waals surface area (Å²) in [6, 6.07) is 0.171. The Balaban J connectivity index is 2.98. The van der Waals surface area contributed by atoms with Gasteiger partial charge >= 0.3 is 0 Å². The number of halogens is 1. The number of nitrogens with one attached hydrogen (secondary N) is 1. The van der Waals surface area contributed by atoms with Crippen molar-refractivity contribution < 1.29 is 5.11 Å². The van der Waals surface area contributed by atoms with Gasteiger partial charge in [-0.25, -0.2) is 4.68 Å². The van der Waals surface area contributed by atoms with Gasteiger partial charge in [-0.15, -0.1) is 0 Å². The van der Waals surface area contributed by atoms with Crippen molar-refractivity contribution in [3.63, 3.8) is 0 Å². The van der Waals surface area contributed by atoms with E-state index in [0.717, 1.165) is 6.42 Å². The molecule has 102 valence electrons. The quantitative estimate of drug-likeness (QED) is 0.843. The third-order valence-corrected chi connectivity index (χ3v) is 3.53. The highest BCUT2D eigenvalue weighted by Crippen LogP contribution is 2.19. The van der Waals surface area contributed by atoms with Crippen LogP contribution in [0.3, 0.4) is 0 Å². The van der Waals surface area contributed by atoms with E-state index in [1.54, 1.807) is 6.20 Å². The van der Waals surface area contributed by atoms with E-state index in [2.05, 4.69) is 26.3 Å². The van der Waals surface area contributed by atoms with Crippen LogP contribution in [0.5, 0.6) is 0 Å². The average Bonchev–Trinajstić information content (AvgIpc) is 2.33. The zero-order valence-corrected chi connectivity index (χ0v) is 12.6. The molecule has 1 atom stereocenters. The molecule has 0 spiro atoms. The maximum absolute atomic E-state index is 12.0. The van der Waals surface area contributed by atoms with E-state index in [4.69, 9.17) is 5.11 Å². The molecule has 0 amide bonds. The molecule has 0 aliphatic heterocycles. The standard InChI is InChI=1S/C12H20BrN3O2/c1-4-9(5-6-17)15-10-7-14-16(8(2)3)12(18)11(10)13/h7-9,15,17H,4-6H2,1-3H3. The van der Waals surface area contributed by atoms with Crippen LogP contribution in [-0.4, -0.2) is 27.5 Å². The highest BCUT2D eigenvalue weighted by atomic mass is 79.9. The Bertz CT molecular complexity index is 445. The summed E-state index contributed by atoms with van der Waals surface area (Å²) in [5.41, 5.74) is 0.533. The van der Waals surface area contributed by atoms with Crippen LogP contribution in [0.4, 0.5) is 5.69 Å². The van der Waals surface area contributed by atoms with Crippen LogP contribution in [0.25, 0.3) is 0 Å². The average molecular weight is 318 g/mol. The van der Waals surface area contributed by atoms with Gasteiger partial charge in [-0.1, -0.05) is 6.92 Å². The lowest BCUT2D eigenvalue weighted by Crippen LogP contribution is -2.28. The van der Waals surface area contributed by atoms with Crippen molar-refractivity contribution in [1.82, 2.24) is 9.78 Å². The maximum atomic E-state index is 12.0. The van der Waals surface area contributed by atoms with Crippen molar-refractivity contribution in [3.05, 3.63) is 21.0 Å². The highest BCUT2D eigenvalue weighted by molar-refractivity contribution is 9.10. The van der Waals surface area contributed by atoms with Crippen molar-refractivity contribution >= 4 is 21.6 Å². The number of hydrogen-bond acceptors (Lipinski definition) is 4. The van der Waals surface area contributed by atoms with E-state index in [-0.39, 0.29) is 24.2 Å². The number of nitrogens with zero attached hydrogens (tertiary/aromatic N) is 2. The Morgan fingerprint density at radius 3 is 2.72 bits per heavy atom. The summed E-state index contributed by atoms with van der Waals surface area (Å²) in [4.78, 5) is 12.0. The number of anilines is 1. The van der Waals surface area contributed by atoms with Gasteiger partial charge in [0.15, 0.2) is 0 Å². The van der Waals surface area contributed by atoms with E-state index in [1.807, 2.05) is 20.8 Å². The second-order valence-corrected chi connectivity index (χ2v) is 5.27. The molecule has 0 bridgehead atoms. The molecule has 6 heteroatoms. The number of aliphatic hydroxyl groups excluding tert-OH is 1. The fraction of sp³-hybridized carbons (Fsp3) is 0.667. The summed E-state index contributed by atoms with van der Waals surface area (Å²) < 4.78 is 1.92. The van der Waals surface area contributed by atoms with Crippen LogP contribution < -0.4 is 10.9 Å². The Morgan fingerprint density at radius 1 is 1.56 bits per heavy atom. The fourth-order valence-electron chi connectivity index (χ4n) is 1.67. The molecule has 1 rings (SSSR count). The van der Waals surface area contributed by atoms with Crippen LogP contribution in [0.2, 0.25) is 0 Å². The Kier molecular flexibility index (Phi) is 5.81. The first-order valence-corrected chi connectivity index (χ1v) is 6.95. The minimum absolute atomic E-state index is 0.0299. The summed E-state index contributed by atoms with van der Waals surface area (Å²) in [6.45, 7) is 5.98. The lowest BCUT2D eigenvalue weighted by Gasteiger charge is -2.18. The molecule has 1 unspecified atom stereocenters. The van der Waals surface area contributed by atoms with Crippen LogP contribution in [-0.2, 0) is 0 Å². The van der Waals surface area contributed by atoms with Gasteiger partial charge in [0.25, 0.3) is 5.56 Å². The number of aliphatic hydroxyl groups is 1. The highest BCUT2D eigenvalue weighted by Gasteiger charge is 2.13. The minimum atomic E-state index is -0.145. The van der Waals surface area contributed by atoms with Gasteiger partial charge in [0, 0.05) is 12.6 Å². The van der Waals surface area contributed by atoms with Gasteiger partial charge in [-0.05, 0) is 42.6 Å². The second kappa shape index (κ2) is 6.89. The molecular formula is C12H20BrN3O2. The molecule has 18 heavy (non-hydrogen) atoms. The van der Waals surface area contributed by atoms with Crippen molar-refractivity contribution in [2.75, 3.05) is 11.9 Å². The predicted octanol–water partition coefficient (Wildman–Crippen LogP) is 2.16. The largest absolute Gasteiger partial charge is 0.396 e. The number of aromatic nitrogens is 2. The van der Waals surface area contributed by atoms with Gasteiger partial charge in [0.2, 0.25) is 0 Å². The Morgan fingerprint density at radius 2 is 2.22 bits per heavy atom. The molecule has 0 aromatic carbocycles. The Hall–Kier alpha value is -0.880. The Labute approximate surface area is 115 Å². The van der Waals surface area contributed by atoms with Crippen molar-refractivity contribution in [2.24, 2.45) is 0 Å². The van der Waals surface area contributed by atoms with Gasteiger partial charge in [0.1, 0.15) is 4.47 Å². The number of rotatable bonds is 6. The molecule has 0 saturated heterocycles. The number of hydrogen-bond donors (Lipinski definition) is 2. The smallest absolute Gasteiger partial charge is 0.283 e. The van der Waals surface area contributed by atoms with Gasteiger partial charge in [-0.3, -0.25) is 4.79 Å². The van der Waals surface area contributed by atoms with Crippen LogP contribution in [0, 0.1) is 0 Å². The van der Waals surface area contributed by atoms with Crippen molar-refractivity contribution in [3.8, 4) is 0 Å². The summed E-state index contributed by atoms with van der Waals surface area (Å²) in [7, 11) is 0. The summed E-state index contributed by atoms with van der Waals surface area (Å²) in [5.74, 6) is 0. The zero-order valence-electron chi connectivity index (χ0n) is 11.0. The molecular weight excluding hydrogens is 298 g/mol. The molecule has 0 aliphatic rings.